The minimum atomic E-state index is 1.15. The lowest BCUT2D eigenvalue weighted by Crippen LogP contribution is -2.11. The molecule has 0 amide bonds. The smallest absolute Gasteiger partial charge is 0.0541 e. The number of hydrogen-bond acceptors (Lipinski definition) is 1. The van der Waals surface area contributed by atoms with Gasteiger partial charge in [-0.25, -0.2) is 0 Å². The van der Waals surface area contributed by atoms with Crippen molar-refractivity contribution in [3.63, 3.8) is 0 Å². The van der Waals surface area contributed by atoms with Crippen LogP contribution in [0.25, 0.3) is 82.1 Å². The van der Waals surface area contributed by atoms with Crippen LogP contribution in [0.5, 0.6) is 0 Å². The lowest BCUT2D eigenvalue weighted by Gasteiger charge is -2.29. The molecule has 0 N–H and O–H groups in total. The van der Waals surface area contributed by atoms with E-state index in [-0.39, 0.29) is 0 Å². The van der Waals surface area contributed by atoms with Crippen molar-refractivity contribution in [1.29, 1.82) is 0 Å². The van der Waals surface area contributed by atoms with Crippen molar-refractivity contribution >= 4 is 71.2 Å². The van der Waals surface area contributed by atoms with Crippen molar-refractivity contribution in [2.24, 2.45) is 0 Å². The molecule has 0 unspecified atom stereocenters. The van der Waals surface area contributed by atoms with Gasteiger partial charge in [-0.1, -0.05) is 97.1 Å². The lowest BCUT2D eigenvalue weighted by atomic mass is 9.78. The molecule has 0 saturated heterocycles. The molecule has 1 aliphatic rings. The van der Waals surface area contributed by atoms with Crippen molar-refractivity contribution in [3.05, 3.63) is 181 Å². The molecular formula is C49H32N2. The van der Waals surface area contributed by atoms with Gasteiger partial charge in [-0.15, -0.1) is 0 Å². The van der Waals surface area contributed by atoms with Gasteiger partial charge in [0.1, 0.15) is 0 Å². The Morgan fingerprint density at radius 1 is 0.373 bits per heavy atom. The molecule has 0 radical (unpaired) electrons. The molecule has 1 heterocycles. The van der Waals surface area contributed by atoms with Crippen LogP contribution in [0.1, 0.15) is 5.56 Å². The number of aryl methyl sites for hydroxylation is 1. The van der Waals surface area contributed by atoms with Crippen LogP contribution in [0.15, 0.2) is 176 Å². The first kappa shape index (κ1) is 28.2. The van der Waals surface area contributed by atoms with Gasteiger partial charge < -0.3 is 9.47 Å². The van der Waals surface area contributed by atoms with Crippen molar-refractivity contribution < 1.29 is 0 Å². The third-order valence-corrected chi connectivity index (χ3v) is 10.9. The highest BCUT2D eigenvalue weighted by molar-refractivity contribution is 6.13. The van der Waals surface area contributed by atoms with E-state index in [1.165, 1.54) is 93.3 Å². The molecular weight excluding hydrogens is 617 g/mol. The quantitative estimate of drug-likeness (QED) is 0.184. The van der Waals surface area contributed by atoms with Crippen LogP contribution < -0.4 is 4.90 Å². The van der Waals surface area contributed by atoms with E-state index < -0.39 is 0 Å². The number of nitrogens with zero attached hydrogens (tertiary/aromatic N) is 2. The highest BCUT2D eigenvalue weighted by Gasteiger charge is 2.25. The minimum Gasteiger partial charge on any atom is -0.310 e. The monoisotopic (exact) mass is 648 g/mol. The Balaban J connectivity index is 1.03. The number of para-hydroxylation sites is 3. The van der Waals surface area contributed by atoms with Gasteiger partial charge in [0, 0.05) is 33.5 Å². The topological polar surface area (TPSA) is 8.17 Å². The average molecular weight is 649 g/mol. The maximum absolute atomic E-state index is 2.40. The van der Waals surface area contributed by atoms with E-state index in [1.807, 2.05) is 0 Å². The fourth-order valence-corrected chi connectivity index (χ4v) is 8.44. The summed E-state index contributed by atoms with van der Waals surface area (Å²) in [5.41, 5.74) is 13.7. The molecule has 51 heavy (non-hydrogen) atoms. The standard InChI is InChI=1S/C49H32N2/c1-31-10-2-7-15-47(31)50(38-21-18-32-11-3-4-12-33(32)24-38)39-22-19-34-27-43-44-28-35-20-23-40(26-37(35)30-46(44)45(43)29-36(34)25-39)51-48-16-8-5-13-41(48)42-14-6-9-17-49(42)51/h2-30H,1H3. The maximum atomic E-state index is 2.40. The predicted molar refractivity (Wildman–Crippen MR) is 217 cm³/mol. The zero-order valence-electron chi connectivity index (χ0n) is 28.1. The summed E-state index contributed by atoms with van der Waals surface area (Å²) in [5, 5.41) is 10.1. The predicted octanol–water partition coefficient (Wildman–Crippen LogP) is 13.7. The van der Waals surface area contributed by atoms with E-state index in [1.54, 1.807) is 0 Å². The largest absolute Gasteiger partial charge is 0.310 e. The summed E-state index contributed by atoms with van der Waals surface area (Å²) in [6.45, 7) is 2.20. The van der Waals surface area contributed by atoms with Crippen molar-refractivity contribution in [2.45, 2.75) is 6.92 Å². The number of aromatic nitrogens is 1. The third kappa shape index (κ3) is 4.23. The van der Waals surface area contributed by atoms with Gasteiger partial charge in [-0.3, -0.25) is 0 Å². The first-order valence-corrected chi connectivity index (χ1v) is 17.7. The summed E-state index contributed by atoms with van der Waals surface area (Å²) in [7, 11) is 0. The molecule has 238 valence electrons. The fourth-order valence-electron chi connectivity index (χ4n) is 8.44. The van der Waals surface area contributed by atoms with Gasteiger partial charge in [0.15, 0.2) is 0 Å². The van der Waals surface area contributed by atoms with Gasteiger partial charge in [-0.2, -0.15) is 0 Å². The number of rotatable bonds is 4. The molecule has 10 aromatic rings. The Labute approximate surface area is 296 Å². The molecule has 1 aliphatic carbocycles. The molecule has 1 aromatic heterocycles. The Morgan fingerprint density at radius 2 is 0.843 bits per heavy atom. The van der Waals surface area contributed by atoms with E-state index in [0.717, 1.165) is 11.4 Å². The molecule has 9 aromatic carbocycles. The summed E-state index contributed by atoms with van der Waals surface area (Å²) in [6, 6.07) is 64.9. The highest BCUT2D eigenvalue weighted by Crippen LogP contribution is 2.51. The van der Waals surface area contributed by atoms with Crippen molar-refractivity contribution in [3.8, 4) is 27.9 Å². The SMILES string of the molecule is Cc1ccccc1N(c1ccc2ccccc2c1)c1ccc2cc3c(cc2c1)-c1cc2cc(-n4c5ccccc5c5ccccc54)ccc2cc1-3. The van der Waals surface area contributed by atoms with Crippen LogP contribution in [0.3, 0.4) is 0 Å². The lowest BCUT2D eigenvalue weighted by molar-refractivity contribution is 1.19. The van der Waals surface area contributed by atoms with Crippen LogP contribution in [-0.4, -0.2) is 4.57 Å². The number of hydrogen-bond donors (Lipinski definition) is 0. The van der Waals surface area contributed by atoms with E-state index >= 15 is 0 Å². The summed E-state index contributed by atoms with van der Waals surface area (Å²) < 4.78 is 2.40. The van der Waals surface area contributed by atoms with E-state index in [2.05, 4.69) is 192 Å². The fraction of sp³-hybridized carbons (Fsp3) is 0.0204. The van der Waals surface area contributed by atoms with Gasteiger partial charge in [-0.05, 0) is 146 Å². The van der Waals surface area contributed by atoms with Crippen molar-refractivity contribution in [2.75, 3.05) is 4.90 Å². The maximum Gasteiger partial charge on any atom is 0.0541 e. The molecule has 2 heteroatoms. The third-order valence-electron chi connectivity index (χ3n) is 10.9. The highest BCUT2D eigenvalue weighted by atomic mass is 15.1. The van der Waals surface area contributed by atoms with Crippen LogP contribution in [0.2, 0.25) is 0 Å². The first-order chi connectivity index (χ1) is 25.2. The normalized spacial score (nSPS) is 12.0. The molecule has 0 spiro atoms. The summed E-state index contributed by atoms with van der Waals surface area (Å²) in [4.78, 5) is 2.40. The van der Waals surface area contributed by atoms with Gasteiger partial charge in [0.25, 0.3) is 0 Å². The van der Waals surface area contributed by atoms with Gasteiger partial charge in [0.2, 0.25) is 0 Å². The summed E-state index contributed by atoms with van der Waals surface area (Å²) in [6.07, 6.45) is 0. The molecule has 0 bridgehead atoms. The van der Waals surface area contributed by atoms with Crippen LogP contribution in [-0.2, 0) is 0 Å². The van der Waals surface area contributed by atoms with Gasteiger partial charge in [0.05, 0.1) is 11.0 Å². The minimum absolute atomic E-state index is 1.15. The second-order valence-corrected chi connectivity index (χ2v) is 13.9. The average Bonchev–Trinajstić information content (AvgIpc) is 3.51. The van der Waals surface area contributed by atoms with E-state index in [4.69, 9.17) is 0 Å². The van der Waals surface area contributed by atoms with Crippen LogP contribution in [0.4, 0.5) is 17.1 Å². The number of anilines is 3. The molecule has 11 rings (SSSR count). The van der Waals surface area contributed by atoms with E-state index in [0.29, 0.717) is 0 Å². The van der Waals surface area contributed by atoms with Crippen molar-refractivity contribution in [1.82, 2.24) is 4.57 Å². The summed E-state index contributed by atoms with van der Waals surface area (Å²) in [5.74, 6) is 0. The number of fused-ring (bicyclic) bond motifs is 10. The van der Waals surface area contributed by atoms with Crippen LogP contribution >= 0.6 is 0 Å². The molecule has 0 aliphatic heterocycles. The summed E-state index contributed by atoms with van der Waals surface area (Å²) >= 11 is 0. The number of benzene rings is 9. The first-order valence-electron chi connectivity index (χ1n) is 17.7. The Hall–Kier alpha value is -6.64. The van der Waals surface area contributed by atoms with E-state index in [9.17, 15) is 0 Å². The zero-order valence-corrected chi connectivity index (χ0v) is 28.1. The molecule has 0 saturated carbocycles. The molecule has 0 atom stereocenters. The Kier molecular flexibility index (Phi) is 5.91. The zero-order chi connectivity index (χ0) is 33.6. The molecule has 0 fully saturated rings. The Morgan fingerprint density at radius 3 is 1.51 bits per heavy atom. The molecule has 2 nitrogen and oxygen atoms in total. The Bertz CT molecular complexity index is 3000. The second-order valence-electron chi connectivity index (χ2n) is 13.9. The van der Waals surface area contributed by atoms with Gasteiger partial charge >= 0.3 is 0 Å². The van der Waals surface area contributed by atoms with Crippen LogP contribution in [0, 0.1) is 6.92 Å². The second kappa shape index (κ2) is 10.7.